The Morgan fingerprint density at radius 3 is 2.60 bits per heavy atom. The molecule has 0 unspecified atom stereocenters. The lowest BCUT2D eigenvalue weighted by Gasteiger charge is -2.06. The minimum Gasteiger partial charge on any atom is -0.361 e. The maximum atomic E-state index is 12.8. The van der Waals surface area contributed by atoms with Gasteiger partial charge >= 0.3 is 0 Å². The second-order valence-corrected chi connectivity index (χ2v) is 4.30. The number of hydrogen-bond acceptors (Lipinski definition) is 3. The largest absolute Gasteiger partial charge is 0.361 e. The Morgan fingerprint density at radius 1 is 1.20 bits per heavy atom. The molecule has 0 aromatic heterocycles. The second kappa shape index (κ2) is 6.63. The standard InChI is InChI=1S/C16H16FN3/c17-15-4-6-16(7-5-15)20-11-14(10-19)13-3-1-2-12(8-13)9-18/h1-8,10-11,19-20H,9,18H2/b14-11+,19-10?. The Balaban J connectivity index is 2.20. The van der Waals surface area contributed by atoms with Crippen molar-refractivity contribution < 1.29 is 4.39 Å². The van der Waals surface area contributed by atoms with Gasteiger partial charge in [-0.25, -0.2) is 4.39 Å². The summed E-state index contributed by atoms with van der Waals surface area (Å²) in [5.41, 5.74) is 9.03. The van der Waals surface area contributed by atoms with Crippen LogP contribution in [0.3, 0.4) is 0 Å². The number of hydrogen-bond donors (Lipinski definition) is 3. The van der Waals surface area contributed by atoms with Gasteiger partial charge in [0, 0.05) is 30.2 Å². The van der Waals surface area contributed by atoms with Crippen LogP contribution in [0.4, 0.5) is 10.1 Å². The zero-order chi connectivity index (χ0) is 14.4. The number of nitrogens with two attached hydrogens (primary N) is 1. The molecule has 2 aromatic rings. The van der Waals surface area contributed by atoms with Crippen molar-refractivity contribution in [2.24, 2.45) is 5.73 Å². The summed E-state index contributed by atoms with van der Waals surface area (Å²) in [4.78, 5) is 0. The fourth-order valence-corrected chi connectivity index (χ4v) is 1.79. The summed E-state index contributed by atoms with van der Waals surface area (Å²) in [6.45, 7) is 0.463. The number of benzene rings is 2. The molecule has 20 heavy (non-hydrogen) atoms. The summed E-state index contributed by atoms with van der Waals surface area (Å²) in [7, 11) is 0. The predicted octanol–water partition coefficient (Wildman–Crippen LogP) is 3.39. The van der Waals surface area contributed by atoms with E-state index in [1.165, 1.54) is 18.3 Å². The van der Waals surface area contributed by atoms with Gasteiger partial charge in [-0.2, -0.15) is 0 Å². The van der Waals surface area contributed by atoms with Crippen LogP contribution in [-0.4, -0.2) is 6.21 Å². The molecule has 102 valence electrons. The fraction of sp³-hybridized carbons (Fsp3) is 0.0625. The zero-order valence-electron chi connectivity index (χ0n) is 10.9. The van der Waals surface area contributed by atoms with Crippen molar-refractivity contribution in [3.8, 4) is 0 Å². The first-order valence-corrected chi connectivity index (χ1v) is 6.25. The normalized spacial score (nSPS) is 11.2. The molecule has 3 nitrogen and oxygen atoms in total. The lowest BCUT2D eigenvalue weighted by Crippen LogP contribution is -1.98. The van der Waals surface area contributed by atoms with Gasteiger partial charge in [0.05, 0.1) is 0 Å². The molecule has 0 aliphatic carbocycles. The Kier molecular flexibility index (Phi) is 4.63. The van der Waals surface area contributed by atoms with Crippen molar-refractivity contribution >= 4 is 17.5 Å². The fourth-order valence-electron chi connectivity index (χ4n) is 1.79. The molecular formula is C16H16FN3. The second-order valence-electron chi connectivity index (χ2n) is 4.30. The summed E-state index contributed by atoms with van der Waals surface area (Å²) >= 11 is 0. The van der Waals surface area contributed by atoms with Crippen LogP contribution < -0.4 is 11.1 Å². The van der Waals surface area contributed by atoms with Crippen molar-refractivity contribution in [2.45, 2.75) is 6.54 Å². The van der Waals surface area contributed by atoms with Gasteiger partial charge in [-0.1, -0.05) is 18.2 Å². The molecule has 4 heteroatoms. The average molecular weight is 269 g/mol. The first-order chi connectivity index (χ1) is 9.72. The molecule has 4 N–H and O–H groups in total. The van der Waals surface area contributed by atoms with E-state index in [1.54, 1.807) is 18.3 Å². The maximum Gasteiger partial charge on any atom is 0.123 e. The van der Waals surface area contributed by atoms with Crippen LogP contribution in [-0.2, 0) is 6.54 Å². The molecule has 0 aliphatic heterocycles. The van der Waals surface area contributed by atoms with E-state index in [-0.39, 0.29) is 5.82 Å². The molecule has 0 saturated carbocycles. The van der Waals surface area contributed by atoms with Crippen molar-refractivity contribution in [1.82, 2.24) is 0 Å². The van der Waals surface area contributed by atoms with Crippen LogP contribution in [0.1, 0.15) is 11.1 Å². The topological polar surface area (TPSA) is 61.9 Å². The summed E-state index contributed by atoms with van der Waals surface area (Å²) < 4.78 is 12.8. The van der Waals surface area contributed by atoms with Crippen molar-refractivity contribution in [2.75, 3.05) is 5.32 Å². The van der Waals surface area contributed by atoms with Crippen molar-refractivity contribution in [1.29, 1.82) is 5.41 Å². The highest BCUT2D eigenvalue weighted by atomic mass is 19.1. The lowest BCUT2D eigenvalue weighted by molar-refractivity contribution is 0.628. The maximum absolute atomic E-state index is 12.8. The van der Waals surface area contributed by atoms with Crippen LogP contribution >= 0.6 is 0 Å². The molecule has 0 amide bonds. The van der Waals surface area contributed by atoms with E-state index in [1.807, 2.05) is 24.3 Å². The zero-order valence-corrected chi connectivity index (χ0v) is 10.9. The van der Waals surface area contributed by atoms with E-state index in [0.29, 0.717) is 6.54 Å². The average Bonchev–Trinajstić information content (AvgIpc) is 2.50. The van der Waals surface area contributed by atoms with Gasteiger partial charge in [0.25, 0.3) is 0 Å². The monoisotopic (exact) mass is 269 g/mol. The minimum atomic E-state index is -0.276. The number of halogens is 1. The van der Waals surface area contributed by atoms with Gasteiger partial charge in [0.15, 0.2) is 0 Å². The first kappa shape index (κ1) is 14.0. The third-order valence-electron chi connectivity index (χ3n) is 2.89. The third-order valence-corrected chi connectivity index (χ3v) is 2.89. The molecule has 0 spiro atoms. The minimum absolute atomic E-state index is 0.276. The van der Waals surface area contributed by atoms with E-state index in [9.17, 15) is 4.39 Å². The Morgan fingerprint density at radius 2 is 1.95 bits per heavy atom. The SMILES string of the molecule is N=C/C(=C\Nc1ccc(F)cc1)c1cccc(CN)c1. The van der Waals surface area contributed by atoms with Crippen LogP contribution in [0.2, 0.25) is 0 Å². The summed E-state index contributed by atoms with van der Waals surface area (Å²) in [6.07, 6.45) is 2.99. The first-order valence-electron chi connectivity index (χ1n) is 6.25. The van der Waals surface area contributed by atoms with Crippen molar-refractivity contribution in [3.05, 3.63) is 71.7 Å². The highest BCUT2D eigenvalue weighted by molar-refractivity contribution is 6.08. The van der Waals surface area contributed by atoms with E-state index in [0.717, 1.165) is 22.4 Å². The van der Waals surface area contributed by atoms with E-state index in [4.69, 9.17) is 11.1 Å². The van der Waals surface area contributed by atoms with Gasteiger partial charge < -0.3 is 16.5 Å². The van der Waals surface area contributed by atoms with E-state index < -0.39 is 0 Å². The highest BCUT2D eigenvalue weighted by Crippen LogP contribution is 2.15. The van der Waals surface area contributed by atoms with Gasteiger partial charge in [-0.15, -0.1) is 0 Å². The Hall–Kier alpha value is -2.46. The van der Waals surface area contributed by atoms with Gasteiger partial charge in [-0.05, 0) is 41.5 Å². The number of allylic oxidation sites excluding steroid dienone is 1. The molecule has 0 heterocycles. The molecular weight excluding hydrogens is 253 g/mol. The van der Waals surface area contributed by atoms with E-state index >= 15 is 0 Å². The van der Waals surface area contributed by atoms with Crippen LogP contribution in [0.15, 0.2) is 54.7 Å². The molecule has 0 saturated heterocycles. The van der Waals surface area contributed by atoms with Gasteiger partial charge in [-0.3, -0.25) is 0 Å². The molecule has 0 atom stereocenters. The molecule has 2 rings (SSSR count). The third kappa shape index (κ3) is 3.52. The molecule has 0 aliphatic rings. The molecule has 0 fully saturated rings. The summed E-state index contributed by atoms with van der Waals surface area (Å²) in [5, 5.41) is 10.5. The van der Waals surface area contributed by atoms with Crippen LogP contribution in [0.25, 0.3) is 5.57 Å². The van der Waals surface area contributed by atoms with Crippen LogP contribution in [0, 0.1) is 11.2 Å². The van der Waals surface area contributed by atoms with Crippen LogP contribution in [0.5, 0.6) is 0 Å². The Labute approximate surface area is 117 Å². The number of nitrogens with one attached hydrogen (secondary N) is 2. The molecule has 0 bridgehead atoms. The quantitative estimate of drug-likeness (QED) is 0.729. The number of anilines is 1. The smallest absolute Gasteiger partial charge is 0.123 e. The van der Waals surface area contributed by atoms with Gasteiger partial charge in [0.1, 0.15) is 5.82 Å². The Bertz CT molecular complexity index is 618. The molecule has 0 radical (unpaired) electrons. The van der Waals surface area contributed by atoms with Crippen molar-refractivity contribution in [3.63, 3.8) is 0 Å². The molecule has 2 aromatic carbocycles. The highest BCUT2D eigenvalue weighted by Gasteiger charge is 2.00. The predicted molar refractivity (Wildman–Crippen MR) is 81.1 cm³/mol. The lowest BCUT2D eigenvalue weighted by atomic mass is 10.0. The summed E-state index contributed by atoms with van der Waals surface area (Å²) in [5.74, 6) is -0.276. The number of rotatable bonds is 5. The van der Waals surface area contributed by atoms with Gasteiger partial charge in [0.2, 0.25) is 0 Å². The summed E-state index contributed by atoms with van der Waals surface area (Å²) in [6, 6.07) is 13.8. The van der Waals surface area contributed by atoms with E-state index in [2.05, 4.69) is 5.32 Å².